The summed E-state index contributed by atoms with van der Waals surface area (Å²) in [6, 6.07) is 0. The third-order valence-corrected chi connectivity index (χ3v) is 4.04. The van der Waals surface area contributed by atoms with Gasteiger partial charge in [-0.2, -0.15) is 5.10 Å². The highest BCUT2D eigenvalue weighted by Gasteiger charge is 2.29. The molecule has 22 heavy (non-hydrogen) atoms. The van der Waals surface area contributed by atoms with Crippen LogP contribution in [-0.4, -0.2) is 58.2 Å². The molecule has 0 aromatic carbocycles. The molecule has 0 unspecified atom stereocenters. The summed E-state index contributed by atoms with van der Waals surface area (Å²) >= 11 is 0. The van der Waals surface area contributed by atoms with Crippen LogP contribution in [0.2, 0.25) is 0 Å². The first-order valence-corrected chi connectivity index (χ1v) is 7.34. The fourth-order valence-electron chi connectivity index (χ4n) is 2.80. The lowest BCUT2D eigenvalue weighted by molar-refractivity contribution is 0.0790. The predicted octanol–water partition coefficient (Wildman–Crippen LogP) is 1.20. The average Bonchev–Trinajstić information content (AvgIpc) is 3.15. The minimum Gasteiger partial charge on any atom is -0.347 e. The van der Waals surface area contributed by atoms with Crippen molar-refractivity contribution in [3.8, 4) is 0 Å². The highest BCUT2D eigenvalue weighted by atomic mass is 16.2. The van der Waals surface area contributed by atoms with Crippen molar-refractivity contribution in [3.63, 3.8) is 0 Å². The molecular weight excluding hydrogens is 280 g/mol. The first-order chi connectivity index (χ1) is 10.6. The zero-order valence-electron chi connectivity index (χ0n) is 13.1. The molecule has 7 nitrogen and oxygen atoms in total. The number of hydrogen-bond acceptors (Lipinski definition) is 5. The number of aromatic nitrogens is 4. The number of nitrogens with zero attached hydrogens (tertiary/aromatic N) is 5. The van der Waals surface area contributed by atoms with Gasteiger partial charge in [-0.15, -0.1) is 0 Å². The maximum absolute atomic E-state index is 12.5. The summed E-state index contributed by atoms with van der Waals surface area (Å²) in [5.74, 6) is 0.919. The Kier molecular flexibility index (Phi) is 3.79. The van der Waals surface area contributed by atoms with Crippen LogP contribution in [0.1, 0.15) is 34.0 Å². The molecule has 1 N–H and O–H groups in total. The van der Waals surface area contributed by atoms with Crippen molar-refractivity contribution in [2.24, 2.45) is 0 Å². The van der Waals surface area contributed by atoms with Gasteiger partial charge in [-0.3, -0.25) is 9.89 Å². The Hall–Kier alpha value is -2.44. The van der Waals surface area contributed by atoms with Gasteiger partial charge in [-0.25, -0.2) is 9.97 Å². The average molecular weight is 300 g/mol. The van der Waals surface area contributed by atoms with E-state index in [1.54, 1.807) is 17.3 Å². The van der Waals surface area contributed by atoms with Gasteiger partial charge < -0.3 is 9.80 Å². The van der Waals surface area contributed by atoms with Crippen molar-refractivity contribution in [3.05, 3.63) is 35.4 Å². The van der Waals surface area contributed by atoms with E-state index in [1.807, 2.05) is 32.1 Å². The Morgan fingerprint density at radius 2 is 2.05 bits per heavy atom. The molecule has 0 bridgehead atoms. The first kappa shape index (κ1) is 14.5. The summed E-state index contributed by atoms with van der Waals surface area (Å²) in [7, 11) is 3.74. The SMILES string of the molecule is Cc1cn[nH]c1[C@@H]1CCN(C(=O)c2cnc(N(C)C)nc2)C1. The van der Waals surface area contributed by atoms with Crippen molar-refractivity contribution in [1.82, 2.24) is 25.1 Å². The summed E-state index contributed by atoms with van der Waals surface area (Å²) in [6.45, 7) is 3.49. The Morgan fingerprint density at radius 1 is 1.32 bits per heavy atom. The topological polar surface area (TPSA) is 78.0 Å². The van der Waals surface area contributed by atoms with Crippen LogP contribution in [0.3, 0.4) is 0 Å². The summed E-state index contributed by atoms with van der Waals surface area (Å²) in [6.07, 6.45) is 5.97. The lowest BCUT2D eigenvalue weighted by Crippen LogP contribution is -2.29. The van der Waals surface area contributed by atoms with E-state index in [4.69, 9.17) is 0 Å². The van der Waals surface area contributed by atoms with E-state index in [9.17, 15) is 4.79 Å². The Balaban J connectivity index is 1.70. The number of aromatic amines is 1. The number of hydrogen-bond donors (Lipinski definition) is 1. The summed E-state index contributed by atoms with van der Waals surface area (Å²) < 4.78 is 0. The lowest BCUT2D eigenvalue weighted by atomic mass is 10.0. The Labute approximate surface area is 129 Å². The van der Waals surface area contributed by atoms with Crippen LogP contribution < -0.4 is 4.90 Å². The van der Waals surface area contributed by atoms with Crippen molar-refractivity contribution in [1.29, 1.82) is 0 Å². The van der Waals surface area contributed by atoms with E-state index < -0.39 is 0 Å². The third-order valence-electron chi connectivity index (χ3n) is 4.04. The smallest absolute Gasteiger partial charge is 0.257 e. The van der Waals surface area contributed by atoms with E-state index in [1.165, 1.54) is 0 Å². The second kappa shape index (κ2) is 5.75. The van der Waals surface area contributed by atoms with Crippen molar-refractivity contribution >= 4 is 11.9 Å². The lowest BCUT2D eigenvalue weighted by Gasteiger charge is -2.17. The van der Waals surface area contributed by atoms with Crippen LogP contribution in [-0.2, 0) is 0 Å². The molecule has 2 aromatic rings. The van der Waals surface area contributed by atoms with Gasteiger partial charge >= 0.3 is 0 Å². The molecule has 1 aliphatic rings. The minimum atomic E-state index is -0.00928. The highest BCUT2D eigenvalue weighted by molar-refractivity contribution is 5.94. The van der Waals surface area contributed by atoms with Crippen molar-refractivity contribution in [2.45, 2.75) is 19.3 Å². The number of carbonyl (C=O) groups excluding carboxylic acids is 1. The van der Waals surface area contributed by atoms with Gasteiger partial charge in [0.1, 0.15) is 0 Å². The molecule has 1 atom stereocenters. The first-order valence-electron chi connectivity index (χ1n) is 7.34. The Morgan fingerprint density at radius 3 is 2.64 bits per heavy atom. The molecule has 7 heteroatoms. The fraction of sp³-hybridized carbons (Fsp3) is 0.467. The maximum Gasteiger partial charge on any atom is 0.257 e. The van der Waals surface area contributed by atoms with E-state index in [2.05, 4.69) is 20.2 Å². The number of H-pyrrole nitrogens is 1. The minimum absolute atomic E-state index is 0.00928. The summed E-state index contributed by atoms with van der Waals surface area (Å²) in [5, 5.41) is 7.12. The molecule has 0 spiro atoms. The normalized spacial score (nSPS) is 17.8. The highest BCUT2D eigenvalue weighted by Crippen LogP contribution is 2.28. The van der Waals surface area contributed by atoms with Crippen LogP contribution in [0.5, 0.6) is 0 Å². The van der Waals surface area contributed by atoms with Crippen molar-refractivity contribution < 1.29 is 4.79 Å². The van der Waals surface area contributed by atoms with Gasteiger partial charge in [0, 0.05) is 51.2 Å². The molecular formula is C15H20N6O. The van der Waals surface area contributed by atoms with Gasteiger partial charge in [0.2, 0.25) is 5.95 Å². The van der Waals surface area contributed by atoms with Crippen LogP contribution in [0.15, 0.2) is 18.6 Å². The maximum atomic E-state index is 12.5. The second-order valence-corrected chi connectivity index (χ2v) is 5.87. The molecule has 1 amide bonds. The van der Waals surface area contributed by atoms with Crippen LogP contribution in [0, 0.1) is 6.92 Å². The molecule has 1 saturated heterocycles. The molecule has 0 radical (unpaired) electrons. The number of likely N-dealkylation sites (tertiary alicyclic amines) is 1. The molecule has 1 aliphatic heterocycles. The fourth-order valence-corrected chi connectivity index (χ4v) is 2.80. The van der Waals surface area contributed by atoms with Gasteiger partial charge in [0.15, 0.2) is 0 Å². The van der Waals surface area contributed by atoms with Gasteiger partial charge in [-0.05, 0) is 18.9 Å². The zero-order valence-corrected chi connectivity index (χ0v) is 13.1. The van der Waals surface area contributed by atoms with Crippen LogP contribution in [0.4, 0.5) is 5.95 Å². The molecule has 116 valence electrons. The third kappa shape index (κ3) is 2.66. The largest absolute Gasteiger partial charge is 0.347 e. The van der Waals surface area contributed by atoms with Crippen molar-refractivity contribution in [2.75, 3.05) is 32.1 Å². The number of nitrogens with one attached hydrogen (secondary N) is 1. The number of rotatable bonds is 3. The number of amides is 1. The molecule has 3 heterocycles. The zero-order chi connectivity index (χ0) is 15.7. The monoisotopic (exact) mass is 300 g/mol. The molecule has 3 rings (SSSR count). The Bertz CT molecular complexity index is 663. The van der Waals surface area contributed by atoms with Gasteiger partial charge in [0.25, 0.3) is 5.91 Å². The van der Waals surface area contributed by atoms with Gasteiger partial charge in [-0.1, -0.05) is 0 Å². The predicted molar refractivity (Wildman–Crippen MR) is 82.9 cm³/mol. The van der Waals surface area contributed by atoms with E-state index >= 15 is 0 Å². The van der Waals surface area contributed by atoms with Crippen LogP contribution >= 0.6 is 0 Å². The second-order valence-electron chi connectivity index (χ2n) is 5.87. The number of carbonyl (C=O) groups is 1. The standard InChI is InChI=1S/C15H20N6O/c1-10-6-18-19-13(10)11-4-5-21(9-11)14(22)12-7-16-15(17-8-12)20(2)3/h6-8,11H,4-5,9H2,1-3H3,(H,18,19)/t11-/m1/s1. The van der Waals surface area contributed by atoms with E-state index in [0.29, 0.717) is 24.0 Å². The van der Waals surface area contributed by atoms with Gasteiger partial charge in [0.05, 0.1) is 11.8 Å². The molecule has 2 aromatic heterocycles. The quantitative estimate of drug-likeness (QED) is 0.921. The number of aryl methyl sites for hydroxylation is 1. The number of anilines is 1. The summed E-state index contributed by atoms with van der Waals surface area (Å²) in [5.41, 5.74) is 2.82. The molecule has 0 aliphatic carbocycles. The van der Waals surface area contributed by atoms with E-state index in [0.717, 1.165) is 24.2 Å². The molecule has 1 fully saturated rings. The molecule has 0 saturated carbocycles. The van der Waals surface area contributed by atoms with E-state index in [-0.39, 0.29) is 5.91 Å². The van der Waals surface area contributed by atoms with Crippen LogP contribution in [0.25, 0.3) is 0 Å². The summed E-state index contributed by atoms with van der Waals surface area (Å²) in [4.78, 5) is 24.6.